The molecule has 0 aliphatic carbocycles. The van der Waals surface area contributed by atoms with E-state index in [0.29, 0.717) is 40.1 Å². The molecular formula is C31H33N3O6S. The molecule has 2 N–H and O–H groups in total. The van der Waals surface area contributed by atoms with E-state index in [1.165, 1.54) is 32.5 Å². The van der Waals surface area contributed by atoms with Gasteiger partial charge in [0.25, 0.3) is 0 Å². The first kappa shape index (κ1) is 30.8. The second kappa shape index (κ2) is 13.1. The summed E-state index contributed by atoms with van der Waals surface area (Å²) in [6.07, 6.45) is 5.15. The summed E-state index contributed by atoms with van der Waals surface area (Å²) in [6.45, 7) is 9.29. The summed E-state index contributed by atoms with van der Waals surface area (Å²) in [5, 5.41) is -0.193. The highest BCUT2D eigenvalue weighted by Gasteiger charge is 2.28. The number of hydrogen-bond donors (Lipinski definition) is 1. The SMILES string of the molecule is C=CCC(C(N)=O)=C(CC=C)c1cc(C)c(N(C)c2cccnc2S(=O)(=O)c2ccc(OC)cc2)c(C(=O)OC)c1. The van der Waals surface area contributed by atoms with Crippen LogP contribution >= 0.6 is 0 Å². The first-order valence-electron chi connectivity index (χ1n) is 12.6. The molecule has 0 radical (unpaired) electrons. The number of aromatic nitrogens is 1. The minimum Gasteiger partial charge on any atom is -0.497 e. The molecule has 1 amide bonds. The zero-order chi connectivity index (χ0) is 30.3. The first-order valence-corrected chi connectivity index (χ1v) is 14.0. The zero-order valence-electron chi connectivity index (χ0n) is 23.5. The number of carbonyl (C=O) groups excluding carboxylic acids is 2. The van der Waals surface area contributed by atoms with Gasteiger partial charge >= 0.3 is 5.97 Å². The lowest BCUT2D eigenvalue weighted by molar-refractivity contribution is -0.114. The van der Waals surface area contributed by atoms with Gasteiger partial charge in [0.05, 0.1) is 36.1 Å². The fraction of sp³-hybridized carbons (Fsp3) is 0.194. The molecule has 0 aliphatic heterocycles. The summed E-state index contributed by atoms with van der Waals surface area (Å²) in [7, 11) is 0.332. The smallest absolute Gasteiger partial charge is 0.340 e. The number of aryl methyl sites for hydroxylation is 1. The van der Waals surface area contributed by atoms with Crippen LogP contribution < -0.4 is 15.4 Å². The van der Waals surface area contributed by atoms with Crippen LogP contribution in [-0.2, 0) is 19.4 Å². The number of anilines is 2. The van der Waals surface area contributed by atoms with Crippen LogP contribution in [0.25, 0.3) is 5.57 Å². The highest BCUT2D eigenvalue weighted by molar-refractivity contribution is 7.91. The third-order valence-electron chi connectivity index (χ3n) is 6.49. The molecule has 10 heteroatoms. The average molecular weight is 576 g/mol. The molecule has 214 valence electrons. The Hall–Kier alpha value is -4.70. The van der Waals surface area contributed by atoms with Gasteiger partial charge in [-0.1, -0.05) is 12.2 Å². The Kier molecular flexibility index (Phi) is 9.85. The Labute approximate surface area is 240 Å². The van der Waals surface area contributed by atoms with Crippen LogP contribution in [-0.4, -0.2) is 46.5 Å². The molecule has 0 saturated carbocycles. The van der Waals surface area contributed by atoms with Gasteiger partial charge < -0.3 is 20.1 Å². The van der Waals surface area contributed by atoms with Crippen molar-refractivity contribution >= 4 is 38.7 Å². The Bertz CT molecular complexity index is 1630. The van der Waals surface area contributed by atoms with Crippen LogP contribution in [0.1, 0.15) is 34.3 Å². The van der Waals surface area contributed by atoms with Crippen LogP contribution in [0.3, 0.4) is 0 Å². The topological polar surface area (TPSA) is 129 Å². The van der Waals surface area contributed by atoms with Crippen molar-refractivity contribution in [3.05, 3.63) is 102 Å². The number of esters is 1. The third kappa shape index (κ3) is 6.38. The molecule has 0 unspecified atom stereocenters. The number of amides is 1. The zero-order valence-corrected chi connectivity index (χ0v) is 24.3. The Morgan fingerprint density at radius 3 is 2.27 bits per heavy atom. The number of carbonyl (C=O) groups is 2. The molecule has 2 aromatic carbocycles. The van der Waals surface area contributed by atoms with Gasteiger partial charge in [-0.05, 0) is 85.0 Å². The van der Waals surface area contributed by atoms with Crippen LogP contribution in [0.4, 0.5) is 11.4 Å². The van der Waals surface area contributed by atoms with E-state index < -0.39 is 21.7 Å². The lowest BCUT2D eigenvalue weighted by Crippen LogP contribution is -2.20. The monoisotopic (exact) mass is 575 g/mol. The quantitative estimate of drug-likeness (QED) is 0.178. The molecule has 1 heterocycles. The van der Waals surface area contributed by atoms with Gasteiger partial charge in [-0.2, -0.15) is 0 Å². The summed E-state index contributed by atoms with van der Waals surface area (Å²) in [4.78, 5) is 31.2. The molecule has 0 bridgehead atoms. The maximum Gasteiger partial charge on any atom is 0.340 e. The number of methoxy groups -OCH3 is 2. The largest absolute Gasteiger partial charge is 0.497 e. The lowest BCUT2D eigenvalue weighted by atomic mass is 9.91. The molecule has 0 spiro atoms. The molecule has 0 atom stereocenters. The van der Waals surface area contributed by atoms with E-state index >= 15 is 0 Å². The van der Waals surface area contributed by atoms with Crippen LogP contribution in [0.2, 0.25) is 0 Å². The van der Waals surface area contributed by atoms with Crippen molar-refractivity contribution in [1.82, 2.24) is 4.98 Å². The highest BCUT2D eigenvalue weighted by atomic mass is 32.2. The second-order valence-corrected chi connectivity index (χ2v) is 10.9. The normalized spacial score (nSPS) is 11.7. The molecule has 0 aliphatic rings. The number of rotatable bonds is 12. The number of hydrogen-bond acceptors (Lipinski definition) is 8. The molecule has 0 saturated heterocycles. The summed E-state index contributed by atoms with van der Waals surface area (Å²) < 4.78 is 37.6. The Balaban J connectivity index is 2.27. The number of pyridine rings is 1. The molecule has 3 aromatic rings. The maximum atomic E-state index is 13.7. The predicted molar refractivity (Wildman–Crippen MR) is 159 cm³/mol. The van der Waals surface area contributed by atoms with Gasteiger partial charge in [0.15, 0.2) is 5.03 Å². The van der Waals surface area contributed by atoms with E-state index in [0.717, 1.165) is 0 Å². The fourth-order valence-electron chi connectivity index (χ4n) is 4.57. The second-order valence-electron chi connectivity index (χ2n) is 9.05. The van der Waals surface area contributed by atoms with E-state index in [2.05, 4.69) is 18.1 Å². The van der Waals surface area contributed by atoms with E-state index in [1.54, 1.807) is 67.4 Å². The van der Waals surface area contributed by atoms with E-state index in [9.17, 15) is 18.0 Å². The van der Waals surface area contributed by atoms with Crippen molar-refractivity contribution in [2.24, 2.45) is 5.73 Å². The van der Waals surface area contributed by atoms with Gasteiger partial charge in [0.1, 0.15) is 5.75 Å². The molecule has 9 nitrogen and oxygen atoms in total. The van der Waals surface area contributed by atoms with E-state index in [1.807, 2.05) is 0 Å². The Morgan fingerprint density at radius 2 is 1.71 bits per heavy atom. The van der Waals surface area contributed by atoms with Crippen LogP contribution in [0.15, 0.2) is 95.5 Å². The number of nitrogens with zero attached hydrogens (tertiary/aromatic N) is 2. The molecular weight excluding hydrogens is 542 g/mol. The van der Waals surface area contributed by atoms with Crippen molar-refractivity contribution in [3.8, 4) is 5.75 Å². The Morgan fingerprint density at radius 1 is 1.05 bits per heavy atom. The van der Waals surface area contributed by atoms with Crippen LogP contribution in [0, 0.1) is 6.92 Å². The summed E-state index contributed by atoms with van der Waals surface area (Å²) >= 11 is 0. The number of benzene rings is 2. The summed E-state index contributed by atoms with van der Waals surface area (Å²) in [5.41, 5.74) is 8.62. The molecule has 1 aromatic heterocycles. The number of allylic oxidation sites excluding steroid dienone is 3. The molecule has 0 fully saturated rings. The standard InChI is InChI=1S/C31H33N3O6S/c1-7-10-24(25(11-8-2)29(32)35)21-18-20(3)28(26(19-21)31(36)40-6)34(4)27-12-9-17-33-30(27)41(37,38)23-15-13-22(39-5)14-16-23/h7-9,12-19H,1-2,10-11H2,3-6H3,(H2,32,35). The van der Waals surface area contributed by atoms with Crippen molar-refractivity contribution in [3.63, 3.8) is 0 Å². The summed E-state index contributed by atoms with van der Waals surface area (Å²) in [5.74, 6) is -0.746. The van der Waals surface area contributed by atoms with Gasteiger partial charge in [0, 0.05) is 18.8 Å². The lowest BCUT2D eigenvalue weighted by Gasteiger charge is -2.26. The fourth-order valence-corrected chi connectivity index (χ4v) is 5.97. The van der Waals surface area contributed by atoms with Crippen LogP contribution in [0.5, 0.6) is 5.75 Å². The van der Waals surface area contributed by atoms with Crippen molar-refractivity contribution in [2.75, 3.05) is 26.2 Å². The number of sulfone groups is 1. The highest BCUT2D eigenvalue weighted by Crippen LogP contribution is 2.38. The van der Waals surface area contributed by atoms with Gasteiger partial charge in [-0.25, -0.2) is 18.2 Å². The minimum atomic E-state index is -4.06. The maximum absolute atomic E-state index is 13.7. The van der Waals surface area contributed by atoms with Crippen molar-refractivity contribution in [2.45, 2.75) is 29.7 Å². The van der Waals surface area contributed by atoms with Gasteiger partial charge in [-0.3, -0.25) is 4.79 Å². The molecule has 41 heavy (non-hydrogen) atoms. The minimum absolute atomic E-state index is 0.0346. The third-order valence-corrected chi connectivity index (χ3v) is 8.20. The summed E-state index contributed by atoms with van der Waals surface area (Å²) in [6, 6.07) is 12.6. The van der Waals surface area contributed by atoms with E-state index in [-0.39, 0.29) is 27.6 Å². The molecule has 3 rings (SSSR count). The van der Waals surface area contributed by atoms with Crippen molar-refractivity contribution < 1.29 is 27.5 Å². The van der Waals surface area contributed by atoms with E-state index in [4.69, 9.17) is 15.2 Å². The number of primary amides is 1. The van der Waals surface area contributed by atoms with Crippen molar-refractivity contribution in [1.29, 1.82) is 0 Å². The number of nitrogens with two attached hydrogens (primary N) is 1. The number of ether oxygens (including phenoxy) is 2. The predicted octanol–water partition coefficient (Wildman–Crippen LogP) is 5.18. The first-order chi connectivity index (χ1) is 19.5. The average Bonchev–Trinajstić information content (AvgIpc) is 2.97. The van der Waals surface area contributed by atoms with Gasteiger partial charge in [-0.15, -0.1) is 13.2 Å². The van der Waals surface area contributed by atoms with Gasteiger partial charge in [0.2, 0.25) is 15.7 Å².